The van der Waals surface area contributed by atoms with Gasteiger partial charge in [0.2, 0.25) is 0 Å². The van der Waals surface area contributed by atoms with Crippen LogP contribution in [0.5, 0.6) is 0 Å². The van der Waals surface area contributed by atoms with Crippen molar-refractivity contribution in [2.75, 3.05) is 0 Å². The van der Waals surface area contributed by atoms with Crippen molar-refractivity contribution in [3.8, 4) is 77.9 Å². The SMILES string of the molecule is c1ccc2c(c1)-c1ccccc1C21c2ccccc2-c2ccc(-c3c4ccccc4nc4c3sc3ccc(-c5cnc6c(c5)oc5ccc(-c7cc(-c8ccc9oc%10cccnc%10c9c8)cc(-c8c9ccccc9nc9c8sc8ccccc89)c7)cc56)cc34)cc21. The fraction of sp³-hybridized carbons (Fsp3) is 0.0120. The van der Waals surface area contributed by atoms with Gasteiger partial charge in [0.25, 0.3) is 0 Å². The van der Waals surface area contributed by atoms with Crippen LogP contribution in [0, 0.1) is 0 Å². The Labute approximate surface area is 527 Å². The van der Waals surface area contributed by atoms with Gasteiger partial charge in [-0.05, 0) is 181 Å². The van der Waals surface area contributed by atoms with Crippen molar-refractivity contribution in [2.24, 2.45) is 0 Å². The molecule has 11 aromatic carbocycles. The Balaban J connectivity index is 0.698. The van der Waals surface area contributed by atoms with E-state index in [9.17, 15) is 0 Å². The van der Waals surface area contributed by atoms with E-state index >= 15 is 0 Å². The molecule has 0 bridgehead atoms. The molecule has 0 atom stereocenters. The summed E-state index contributed by atoms with van der Waals surface area (Å²) in [6, 6.07) is 92.9. The van der Waals surface area contributed by atoms with Gasteiger partial charge < -0.3 is 8.83 Å². The van der Waals surface area contributed by atoms with Crippen molar-refractivity contribution in [2.45, 2.75) is 5.41 Å². The first-order chi connectivity index (χ1) is 45.1. The first-order valence-electron chi connectivity index (χ1n) is 30.7. The number of nitrogens with zero attached hydrogens (tertiary/aromatic N) is 4. The Morgan fingerprint density at radius 2 is 0.780 bits per heavy atom. The number of fused-ring (bicyclic) bond motifs is 24. The van der Waals surface area contributed by atoms with Crippen LogP contribution in [0.2, 0.25) is 0 Å². The minimum Gasteiger partial charge on any atom is -0.454 e. The standard InChI is InChI=1S/C83H44N4O2S2/c1-7-20-63-53(14-1)54-15-2-8-21-64(54)83(63)65-22-9-3-16-55(65)56-31-27-48(42-66(56)83)75-57-17-4-10-23-67(57)87-80-62-41-47(30-34-74(62)91-81(75)80)52-43-72-78(85-44-52)61-40-46(29-33-70(61)89-72)50-36-49(45-28-32-69-60(39-45)77-71(88-69)25-13-35-84-77)37-51(38-50)76-58-18-5-11-24-68(58)86-79-59-19-6-12-26-73(59)90-82(76)79/h1-44H. The fourth-order valence-electron chi connectivity index (χ4n) is 15.6. The molecule has 0 unspecified atom stereocenters. The third kappa shape index (κ3) is 6.89. The lowest BCUT2D eigenvalue weighted by Gasteiger charge is -2.30. The largest absolute Gasteiger partial charge is 0.454 e. The quantitative estimate of drug-likeness (QED) is 0.171. The van der Waals surface area contributed by atoms with Gasteiger partial charge in [-0.2, -0.15) is 0 Å². The van der Waals surface area contributed by atoms with Gasteiger partial charge >= 0.3 is 0 Å². The molecule has 8 aromatic heterocycles. The Kier molecular flexibility index (Phi) is 9.99. The van der Waals surface area contributed by atoms with Gasteiger partial charge in [-0.15, -0.1) is 22.7 Å². The number of para-hydroxylation sites is 2. The second-order valence-electron chi connectivity index (χ2n) is 24.3. The number of hydrogen-bond donors (Lipinski definition) is 0. The van der Waals surface area contributed by atoms with E-state index in [1.165, 1.54) is 85.4 Å². The van der Waals surface area contributed by atoms with Gasteiger partial charge in [0.05, 0.1) is 36.9 Å². The van der Waals surface area contributed by atoms with Crippen molar-refractivity contribution in [3.05, 3.63) is 289 Å². The zero-order valence-electron chi connectivity index (χ0n) is 48.3. The molecule has 0 fully saturated rings. The van der Waals surface area contributed by atoms with E-state index in [0.29, 0.717) is 0 Å². The van der Waals surface area contributed by atoms with Crippen LogP contribution in [0.15, 0.2) is 276 Å². The van der Waals surface area contributed by atoms with Crippen LogP contribution in [0.3, 0.4) is 0 Å². The van der Waals surface area contributed by atoms with E-state index in [2.05, 4.69) is 243 Å². The highest BCUT2D eigenvalue weighted by atomic mass is 32.1. The number of rotatable bonds is 5. The molecule has 91 heavy (non-hydrogen) atoms. The second kappa shape index (κ2) is 18.3. The maximum Gasteiger partial charge on any atom is 0.154 e. The van der Waals surface area contributed by atoms with Crippen LogP contribution in [0.1, 0.15) is 22.3 Å². The normalized spacial score (nSPS) is 13.1. The summed E-state index contributed by atoms with van der Waals surface area (Å²) in [7, 11) is 0. The highest BCUT2D eigenvalue weighted by Crippen LogP contribution is 2.63. The predicted molar refractivity (Wildman–Crippen MR) is 376 cm³/mol. The highest BCUT2D eigenvalue weighted by Gasteiger charge is 2.51. The van der Waals surface area contributed by atoms with Crippen LogP contribution in [0.25, 0.3) is 184 Å². The maximum atomic E-state index is 6.77. The topological polar surface area (TPSA) is 77.8 Å². The van der Waals surface area contributed by atoms with Crippen LogP contribution in [-0.2, 0) is 5.41 Å². The molecule has 8 heterocycles. The van der Waals surface area contributed by atoms with Crippen molar-refractivity contribution < 1.29 is 8.83 Å². The Hall–Kier alpha value is -11.4. The summed E-state index contributed by atoms with van der Waals surface area (Å²) in [5.41, 5.74) is 29.8. The second-order valence-corrected chi connectivity index (χ2v) is 26.4. The lowest BCUT2D eigenvalue weighted by atomic mass is 9.70. The van der Waals surface area contributed by atoms with Crippen molar-refractivity contribution >= 4 is 129 Å². The maximum absolute atomic E-state index is 6.77. The van der Waals surface area contributed by atoms with Gasteiger partial charge in [-0.1, -0.05) is 158 Å². The number of benzene rings is 11. The molecule has 0 saturated carbocycles. The molecule has 8 heteroatoms. The Morgan fingerprint density at radius 1 is 0.286 bits per heavy atom. The Bertz CT molecular complexity index is 6380. The Morgan fingerprint density at radius 3 is 1.45 bits per heavy atom. The summed E-state index contributed by atoms with van der Waals surface area (Å²) in [5.74, 6) is 0. The van der Waals surface area contributed by atoms with Gasteiger partial charge in [-0.25, -0.2) is 9.97 Å². The van der Waals surface area contributed by atoms with Crippen molar-refractivity contribution in [1.29, 1.82) is 0 Å². The molecule has 2 aliphatic carbocycles. The molecule has 6 nitrogen and oxygen atoms in total. The van der Waals surface area contributed by atoms with E-state index in [4.69, 9.17) is 28.8 Å². The zero-order valence-corrected chi connectivity index (χ0v) is 50.0. The minimum absolute atomic E-state index is 0.447. The molecule has 2 aliphatic rings. The number of aromatic nitrogens is 4. The van der Waals surface area contributed by atoms with Crippen LogP contribution >= 0.6 is 22.7 Å². The summed E-state index contributed by atoms with van der Waals surface area (Å²) in [6.07, 6.45) is 3.83. The first kappa shape index (κ1) is 49.6. The summed E-state index contributed by atoms with van der Waals surface area (Å²) in [6.45, 7) is 0. The van der Waals surface area contributed by atoms with E-state index in [-0.39, 0.29) is 0 Å². The third-order valence-corrected chi connectivity index (χ3v) is 21.9. The van der Waals surface area contributed by atoms with Crippen molar-refractivity contribution in [1.82, 2.24) is 19.9 Å². The fourth-order valence-corrected chi connectivity index (χ4v) is 18.0. The van der Waals surface area contributed by atoms with Crippen LogP contribution in [-0.4, -0.2) is 19.9 Å². The molecular weight excluding hydrogens is 1150 g/mol. The number of pyridine rings is 4. The molecule has 0 saturated heterocycles. The molecule has 1 spiro atoms. The lowest BCUT2D eigenvalue weighted by molar-refractivity contribution is 0.668. The molecule has 21 rings (SSSR count). The number of furan rings is 2. The molecule has 420 valence electrons. The summed E-state index contributed by atoms with van der Waals surface area (Å²) >= 11 is 3.63. The van der Waals surface area contributed by atoms with Gasteiger partial charge in [-0.3, -0.25) is 9.97 Å². The molecule has 0 amide bonds. The number of hydrogen-bond acceptors (Lipinski definition) is 8. The van der Waals surface area contributed by atoms with E-state index in [1.807, 2.05) is 35.9 Å². The molecule has 0 aliphatic heterocycles. The molecule has 0 radical (unpaired) electrons. The van der Waals surface area contributed by atoms with Gasteiger partial charge in [0.15, 0.2) is 11.2 Å². The van der Waals surface area contributed by atoms with E-state index in [1.54, 1.807) is 11.3 Å². The number of thiophene rings is 2. The lowest BCUT2D eigenvalue weighted by Crippen LogP contribution is -2.25. The summed E-state index contributed by atoms with van der Waals surface area (Å²) < 4.78 is 17.8. The summed E-state index contributed by atoms with van der Waals surface area (Å²) in [4.78, 5) is 20.8. The molecule has 0 N–H and O–H groups in total. The van der Waals surface area contributed by atoms with Gasteiger partial charge in [0, 0.05) is 70.8 Å². The molecule has 19 aromatic rings. The zero-order chi connectivity index (χ0) is 59.2. The monoisotopic (exact) mass is 1190 g/mol. The van der Waals surface area contributed by atoms with Crippen LogP contribution < -0.4 is 0 Å². The average molecular weight is 1190 g/mol. The minimum atomic E-state index is -0.447. The molecular formula is C83H44N4O2S2. The third-order valence-electron chi connectivity index (χ3n) is 19.5. The van der Waals surface area contributed by atoms with Gasteiger partial charge in [0.1, 0.15) is 22.2 Å². The van der Waals surface area contributed by atoms with Crippen molar-refractivity contribution in [3.63, 3.8) is 0 Å². The first-order valence-corrected chi connectivity index (χ1v) is 32.3. The predicted octanol–water partition coefficient (Wildman–Crippen LogP) is 22.8. The highest BCUT2D eigenvalue weighted by molar-refractivity contribution is 7.26. The summed E-state index contributed by atoms with van der Waals surface area (Å²) in [5, 5.41) is 6.47. The van der Waals surface area contributed by atoms with E-state index in [0.717, 1.165) is 121 Å². The van der Waals surface area contributed by atoms with E-state index < -0.39 is 5.41 Å². The smallest absolute Gasteiger partial charge is 0.154 e. The van der Waals surface area contributed by atoms with Crippen LogP contribution in [0.4, 0.5) is 0 Å². The average Bonchev–Trinajstić information content (AvgIpc) is 1.54.